The van der Waals surface area contributed by atoms with Gasteiger partial charge >= 0.3 is 0 Å². The van der Waals surface area contributed by atoms with Crippen LogP contribution in [-0.4, -0.2) is 13.1 Å². The standard InChI is InChI=1S/C3H6N2/c1-2-4-5-3-1/h1-3H2. The van der Waals surface area contributed by atoms with Crippen molar-refractivity contribution in [2.45, 2.75) is 6.42 Å². The predicted molar refractivity (Wildman–Crippen MR) is 19.2 cm³/mol. The summed E-state index contributed by atoms with van der Waals surface area (Å²) in [6.07, 6.45) is 1.17. The molecule has 0 fully saturated rings. The minimum atomic E-state index is 0.958. The van der Waals surface area contributed by atoms with Gasteiger partial charge in [-0.25, -0.2) is 0 Å². The van der Waals surface area contributed by atoms with Gasteiger partial charge in [-0.15, -0.1) is 0 Å². The van der Waals surface area contributed by atoms with E-state index in [1.165, 1.54) is 6.42 Å². The van der Waals surface area contributed by atoms with E-state index in [0.29, 0.717) is 0 Å². The molecule has 1 aliphatic heterocycles. The summed E-state index contributed by atoms with van der Waals surface area (Å²) in [5, 5.41) is 7.42. The van der Waals surface area contributed by atoms with E-state index in [-0.39, 0.29) is 0 Å². The zero-order valence-electron chi connectivity index (χ0n) is 3.02. The van der Waals surface area contributed by atoms with Crippen LogP contribution in [-0.2, 0) is 0 Å². The van der Waals surface area contributed by atoms with Crippen LogP contribution >= 0.6 is 0 Å². The lowest BCUT2D eigenvalue weighted by molar-refractivity contribution is 0.979. The van der Waals surface area contributed by atoms with Gasteiger partial charge in [0.15, 0.2) is 0 Å². The lowest BCUT2D eigenvalue weighted by atomic mass is 10.5. The quantitative estimate of drug-likeness (QED) is 0.403. The Morgan fingerprint density at radius 2 is 1.60 bits per heavy atom. The van der Waals surface area contributed by atoms with E-state index in [1.807, 2.05) is 0 Å². The van der Waals surface area contributed by atoms with Crippen LogP contribution in [0, 0.1) is 0 Å². The molecular formula is C3H6N2. The maximum absolute atomic E-state index is 3.71. The molecule has 1 aliphatic rings. The Morgan fingerprint density at radius 3 is 1.80 bits per heavy atom. The molecule has 0 bridgehead atoms. The van der Waals surface area contributed by atoms with Crippen LogP contribution in [0.1, 0.15) is 6.42 Å². The first kappa shape index (κ1) is 2.82. The van der Waals surface area contributed by atoms with Crippen molar-refractivity contribution in [3.8, 4) is 0 Å². The van der Waals surface area contributed by atoms with E-state index >= 15 is 0 Å². The van der Waals surface area contributed by atoms with Gasteiger partial charge in [0.05, 0.1) is 13.1 Å². The van der Waals surface area contributed by atoms with E-state index in [4.69, 9.17) is 0 Å². The molecule has 0 amide bonds. The van der Waals surface area contributed by atoms with E-state index in [9.17, 15) is 0 Å². The lowest BCUT2D eigenvalue weighted by Gasteiger charge is -1.63. The minimum Gasteiger partial charge on any atom is -0.194 e. The summed E-state index contributed by atoms with van der Waals surface area (Å²) in [7, 11) is 0. The van der Waals surface area contributed by atoms with Gasteiger partial charge in [-0.2, -0.15) is 10.2 Å². The van der Waals surface area contributed by atoms with Crippen molar-refractivity contribution in [3.05, 3.63) is 0 Å². The van der Waals surface area contributed by atoms with Gasteiger partial charge in [-0.3, -0.25) is 0 Å². The summed E-state index contributed by atoms with van der Waals surface area (Å²) in [5.41, 5.74) is 0. The van der Waals surface area contributed by atoms with Crippen LogP contribution in [0.5, 0.6) is 0 Å². The third-order valence-electron chi connectivity index (χ3n) is 0.616. The van der Waals surface area contributed by atoms with Gasteiger partial charge in [0.2, 0.25) is 0 Å². The van der Waals surface area contributed by atoms with Crippen molar-refractivity contribution >= 4 is 0 Å². The van der Waals surface area contributed by atoms with Crippen LogP contribution in [0.4, 0.5) is 0 Å². The van der Waals surface area contributed by atoms with Gasteiger partial charge in [-0.1, -0.05) is 0 Å². The Labute approximate surface area is 30.9 Å². The second-order valence-corrected chi connectivity index (χ2v) is 1.08. The first-order valence-electron chi connectivity index (χ1n) is 1.83. The van der Waals surface area contributed by atoms with E-state index in [0.717, 1.165) is 13.1 Å². The second kappa shape index (κ2) is 1.15. The Kier molecular flexibility index (Phi) is 0.648. The molecule has 0 N–H and O–H groups in total. The van der Waals surface area contributed by atoms with E-state index < -0.39 is 0 Å². The van der Waals surface area contributed by atoms with Crippen molar-refractivity contribution in [2.24, 2.45) is 10.2 Å². The third kappa shape index (κ3) is 0.436. The van der Waals surface area contributed by atoms with Gasteiger partial charge in [0.1, 0.15) is 0 Å². The lowest BCUT2D eigenvalue weighted by Crippen LogP contribution is -1.68. The van der Waals surface area contributed by atoms with Crippen LogP contribution in [0.25, 0.3) is 0 Å². The Bertz CT molecular complexity index is 42.9. The fraction of sp³-hybridized carbons (Fsp3) is 1.00. The Morgan fingerprint density at radius 1 is 1.00 bits per heavy atom. The van der Waals surface area contributed by atoms with Crippen LogP contribution in [0.3, 0.4) is 0 Å². The van der Waals surface area contributed by atoms with E-state index in [2.05, 4.69) is 10.2 Å². The zero-order chi connectivity index (χ0) is 3.54. The number of hydrogen-bond acceptors (Lipinski definition) is 2. The summed E-state index contributed by atoms with van der Waals surface area (Å²) in [6, 6.07) is 0. The molecule has 0 saturated heterocycles. The summed E-state index contributed by atoms with van der Waals surface area (Å²) in [4.78, 5) is 0. The molecule has 0 saturated carbocycles. The highest BCUT2D eigenvalue weighted by Crippen LogP contribution is 1.91. The van der Waals surface area contributed by atoms with Gasteiger partial charge < -0.3 is 0 Å². The van der Waals surface area contributed by atoms with Gasteiger partial charge in [0, 0.05) is 0 Å². The van der Waals surface area contributed by atoms with Crippen molar-refractivity contribution < 1.29 is 0 Å². The van der Waals surface area contributed by atoms with Crippen molar-refractivity contribution in [1.82, 2.24) is 0 Å². The molecule has 0 unspecified atom stereocenters. The molecule has 0 aromatic carbocycles. The highest BCUT2D eigenvalue weighted by atomic mass is 15.1. The monoisotopic (exact) mass is 70.1 g/mol. The number of rotatable bonds is 0. The van der Waals surface area contributed by atoms with Crippen LogP contribution in [0.15, 0.2) is 10.2 Å². The highest BCUT2D eigenvalue weighted by Gasteiger charge is 1.87. The highest BCUT2D eigenvalue weighted by molar-refractivity contribution is 4.50. The summed E-state index contributed by atoms with van der Waals surface area (Å²) < 4.78 is 0. The number of hydrogen-bond donors (Lipinski definition) is 0. The molecule has 0 atom stereocenters. The van der Waals surface area contributed by atoms with Crippen molar-refractivity contribution in [2.75, 3.05) is 13.1 Å². The number of azo groups is 1. The SMILES string of the molecule is C1CN=NC1. The Hall–Kier alpha value is -0.400. The molecule has 28 valence electrons. The maximum Gasteiger partial charge on any atom is 0.0617 e. The predicted octanol–water partition coefficient (Wildman–Crippen LogP) is 0.842. The minimum absolute atomic E-state index is 0.958. The molecule has 1 rings (SSSR count). The topological polar surface area (TPSA) is 24.7 Å². The molecule has 0 radical (unpaired) electrons. The van der Waals surface area contributed by atoms with Crippen molar-refractivity contribution in [3.63, 3.8) is 0 Å². The molecular weight excluding hydrogens is 64.0 g/mol. The van der Waals surface area contributed by atoms with Crippen LogP contribution in [0.2, 0.25) is 0 Å². The average Bonchev–Trinajstić information content (AvgIpc) is 1.76. The molecule has 5 heavy (non-hydrogen) atoms. The molecule has 0 aliphatic carbocycles. The fourth-order valence-corrected chi connectivity index (χ4v) is 0.354. The molecule has 0 aromatic rings. The van der Waals surface area contributed by atoms with Crippen molar-refractivity contribution in [1.29, 1.82) is 0 Å². The summed E-state index contributed by atoms with van der Waals surface area (Å²) in [6.45, 7) is 1.92. The smallest absolute Gasteiger partial charge is 0.0617 e. The van der Waals surface area contributed by atoms with Gasteiger partial charge in [-0.05, 0) is 6.42 Å². The molecule has 0 aromatic heterocycles. The first-order valence-corrected chi connectivity index (χ1v) is 1.83. The van der Waals surface area contributed by atoms with E-state index in [1.54, 1.807) is 0 Å². The average molecular weight is 70.1 g/mol. The normalized spacial score (nSPS) is 20.8. The Balaban J connectivity index is 2.32. The first-order chi connectivity index (χ1) is 2.50. The zero-order valence-corrected chi connectivity index (χ0v) is 3.02. The molecule has 0 spiro atoms. The number of nitrogens with zero attached hydrogens (tertiary/aromatic N) is 2. The fourth-order valence-electron chi connectivity index (χ4n) is 0.354. The summed E-state index contributed by atoms with van der Waals surface area (Å²) in [5.74, 6) is 0. The maximum atomic E-state index is 3.71. The molecule has 2 heteroatoms. The third-order valence-corrected chi connectivity index (χ3v) is 0.616. The molecule has 2 nitrogen and oxygen atoms in total. The second-order valence-electron chi connectivity index (χ2n) is 1.08. The van der Waals surface area contributed by atoms with Gasteiger partial charge in [0.25, 0.3) is 0 Å². The largest absolute Gasteiger partial charge is 0.194 e. The summed E-state index contributed by atoms with van der Waals surface area (Å²) >= 11 is 0. The van der Waals surface area contributed by atoms with Crippen LogP contribution < -0.4 is 0 Å². The molecule has 1 heterocycles.